The van der Waals surface area contributed by atoms with E-state index < -0.39 is 17.2 Å². The molecule has 8 heteroatoms. The van der Waals surface area contributed by atoms with Crippen molar-refractivity contribution >= 4 is 17.4 Å². The van der Waals surface area contributed by atoms with Gasteiger partial charge < -0.3 is 15.4 Å². The molecule has 4 rings (SSSR count). The molecule has 0 fully saturated rings. The Morgan fingerprint density at radius 2 is 1.68 bits per heavy atom. The van der Waals surface area contributed by atoms with Gasteiger partial charge in [-0.3, -0.25) is 19.1 Å². The van der Waals surface area contributed by atoms with Crippen LogP contribution in [0.2, 0.25) is 0 Å². The number of para-hydroxylation sites is 2. The van der Waals surface area contributed by atoms with Gasteiger partial charge in [0, 0.05) is 24.2 Å². The molecule has 34 heavy (non-hydrogen) atoms. The van der Waals surface area contributed by atoms with Gasteiger partial charge >= 0.3 is 5.69 Å². The van der Waals surface area contributed by atoms with Crippen molar-refractivity contribution in [3.05, 3.63) is 80.5 Å². The highest BCUT2D eigenvalue weighted by Gasteiger charge is 2.37. The van der Waals surface area contributed by atoms with Crippen LogP contribution in [0, 0.1) is 5.92 Å². The number of benzene rings is 2. The minimum absolute atomic E-state index is 0.000493. The van der Waals surface area contributed by atoms with E-state index in [1.165, 1.54) is 9.47 Å². The fourth-order valence-electron chi connectivity index (χ4n) is 4.36. The van der Waals surface area contributed by atoms with E-state index in [4.69, 9.17) is 10.5 Å². The molecule has 1 aliphatic heterocycles. The van der Waals surface area contributed by atoms with Gasteiger partial charge in [0.25, 0.3) is 5.56 Å². The fourth-order valence-corrected chi connectivity index (χ4v) is 4.36. The molecule has 3 N–H and O–H groups in total. The molecule has 178 valence electrons. The minimum atomic E-state index is -0.678. The molecule has 0 aliphatic carbocycles. The largest absolute Gasteiger partial charge is 0.457 e. The maximum Gasteiger partial charge on any atom is 0.330 e. The molecule has 3 aromatic rings. The monoisotopic (exact) mass is 462 g/mol. The smallest absolute Gasteiger partial charge is 0.330 e. The predicted molar refractivity (Wildman–Crippen MR) is 133 cm³/mol. The zero-order valence-electron chi connectivity index (χ0n) is 19.7. The van der Waals surface area contributed by atoms with Crippen LogP contribution in [0.25, 0.3) is 0 Å². The van der Waals surface area contributed by atoms with E-state index in [0.717, 1.165) is 17.5 Å². The van der Waals surface area contributed by atoms with Crippen molar-refractivity contribution in [1.82, 2.24) is 9.55 Å². The maximum atomic E-state index is 14.2. The van der Waals surface area contributed by atoms with Crippen LogP contribution in [-0.2, 0) is 11.3 Å². The molecular weight excluding hydrogens is 432 g/mol. The molecule has 2 aromatic carbocycles. The van der Waals surface area contributed by atoms with E-state index in [9.17, 15) is 14.4 Å². The molecule has 0 atom stereocenters. The third kappa shape index (κ3) is 4.23. The van der Waals surface area contributed by atoms with Crippen molar-refractivity contribution in [2.45, 2.75) is 46.1 Å². The fraction of sp³-hybridized carbons (Fsp3) is 0.346. The quantitative estimate of drug-likeness (QED) is 0.554. The average Bonchev–Trinajstić information content (AvgIpc) is 2.81. The number of fused-ring (bicyclic) bond motifs is 2. The minimum Gasteiger partial charge on any atom is -0.457 e. The van der Waals surface area contributed by atoms with Crippen LogP contribution in [0.3, 0.4) is 0 Å². The summed E-state index contributed by atoms with van der Waals surface area (Å²) in [6, 6.07) is 14.8. The SMILES string of the molecule is CCCCN(C(=O)C1c2ccccc2Oc2ccccc21)c1c(N)n(CC(C)C)c(=O)[nH]c1=O. The number of aromatic amines is 1. The third-order valence-electron chi connectivity index (χ3n) is 5.96. The van der Waals surface area contributed by atoms with Crippen LogP contribution in [0.1, 0.15) is 50.7 Å². The number of aromatic nitrogens is 2. The van der Waals surface area contributed by atoms with Gasteiger partial charge in [-0.05, 0) is 24.5 Å². The van der Waals surface area contributed by atoms with Crippen molar-refractivity contribution in [2.24, 2.45) is 5.92 Å². The van der Waals surface area contributed by atoms with Crippen molar-refractivity contribution in [2.75, 3.05) is 17.2 Å². The maximum absolute atomic E-state index is 14.2. The van der Waals surface area contributed by atoms with Gasteiger partial charge in [0.05, 0.1) is 5.92 Å². The lowest BCUT2D eigenvalue weighted by Gasteiger charge is -2.32. The van der Waals surface area contributed by atoms with E-state index in [0.29, 0.717) is 31.0 Å². The van der Waals surface area contributed by atoms with Crippen LogP contribution in [0.5, 0.6) is 11.5 Å². The number of carbonyl (C=O) groups is 1. The molecule has 0 bridgehead atoms. The van der Waals surface area contributed by atoms with Crippen LogP contribution in [0.15, 0.2) is 58.1 Å². The Morgan fingerprint density at radius 1 is 1.09 bits per heavy atom. The van der Waals surface area contributed by atoms with E-state index in [1.54, 1.807) is 0 Å². The van der Waals surface area contributed by atoms with Gasteiger partial charge in [0.15, 0.2) is 5.69 Å². The van der Waals surface area contributed by atoms with Crippen molar-refractivity contribution < 1.29 is 9.53 Å². The van der Waals surface area contributed by atoms with Gasteiger partial charge in [-0.15, -0.1) is 0 Å². The Kier molecular flexibility index (Phi) is 6.58. The molecule has 2 heterocycles. The Hall–Kier alpha value is -3.81. The number of amides is 1. The summed E-state index contributed by atoms with van der Waals surface area (Å²) in [6.07, 6.45) is 1.48. The summed E-state index contributed by atoms with van der Waals surface area (Å²) in [5.74, 6) is 0.350. The highest BCUT2D eigenvalue weighted by molar-refractivity contribution is 6.02. The topological polar surface area (TPSA) is 110 Å². The molecule has 0 unspecified atom stereocenters. The van der Waals surface area contributed by atoms with Gasteiger partial charge in [-0.25, -0.2) is 4.79 Å². The summed E-state index contributed by atoms with van der Waals surface area (Å²) < 4.78 is 7.37. The van der Waals surface area contributed by atoms with E-state index in [1.807, 2.05) is 69.3 Å². The number of nitrogens with zero attached hydrogens (tertiary/aromatic N) is 2. The Morgan fingerprint density at radius 3 is 2.24 bits per heavy atom. The highest BCUT2D eigenvalue weighted by atomic mass is 16.5. The summed E-state index contributed by atoms with van der Waals surface area (Å²) in [6.45, 7) is 6.53. The van der Waals surface area contributed by atoms with E-state index >= 15 is 0 Å². The van der Waals surface area contributed by atoms with E-state index in [2.05, 4.69) is 4.98 Å². The van der Waals surface area contributed by atoms with Crippen molar-refractivity contribution in [3.63, 3.8) is 0 Å². The number of nitrogens with one attached hydrogen (secondary N) is 1. The number of nitrogen functional groups attached to an aromatic ring is 1. The first-order chi connectivity index (χ1) is 16.3. The third-order valence-corrected chi connectivity index (χ3v) is 5.96. The van der Waals surface area contributed by atoms with Crippen LogP contribution >= 0.6 is 0 Å². The number of ether oxygens (including phenoxy) is 1. The second-order valence-electron chi connectivity index (χ2n) is 8.95. The summed E-state index contributed by atoms with van der Waals surface area (Å²) in [5, 5.41) is 0. The zero-order chi connectivity index (χ0) is 24.4. The Bertz CT molecular complexity index is 1280. The summed E-state index contributed by atoms with van der Waals surface area (Å²) >= 11 is 0. The van der Waals surface area contributed by atoms with E-state index in [-0.39, 0.29) is 23.3 Å². The number of hydrogen-bond acceptors (Lipinski definition) is 5. The second-order valence-corrected chi connectivity index (χ2v) is 8.95. The molecule has 1 amide bonds. The zero-order valence-corrected chi connectivity index (χ0v) is 19.7. The number of carbonyl (C=O) groups excluding carboxylic acids is 1. The summed E-state index contributed by atoms with van der Waals surface area (Å²) in [4.78, 5) is 43.5. The molecular formula is C26H30N4O4. The van der Waals surface area contributed by atoms with Crippen LogP contribution < -0.4 is 26.6 Å². The van der Waals surface area contributed by atoms with Crippen LogP contribution in [-0.4, -0.2) is 22.0 Å². The van der Waals surface area contributed by atoms with Crippen molar-refractivity contribution in [1.29, 1.82) is 0 Å². The lowest BCUT2D eigenvalue weighted by Crippen LogP contribution is -2.44. The molecule has 1 aromatic heterocycles. The number of hydrogen-bond donors (Lipinski definition) is 2. The number of anilines is 2. The Labute approximate surface area is 198 Å². The van der Waals surface area contributed by atoms with Crippen molar-refractivity contribution in [3.8, 4) is 11.5 Å². The first-order valence-electron chi connectivity index (χ1n) is 11.6. The van der Waals surface area contributed by atoms with Gasteiger partial charge in [-0.2, -0.15) is 0 Å². The predicted octanol–water partition coefficient (Wildman–Crippen LogP) is 3.85. The summed E-state index contributed by atoms with van der Waals surface area (Å²) in [7, 11) is 0. The standard InChI is InChI=1S/C26H30N4O4/c1-4-5-14-29(22-23(27)30(15-16(2)3)26(33)28-24(22)31)25(32)21-17-10-6-8-12-19(17)34-20-13-9-7-11-18(20)21/h6-13,16,21H,4-5,14-15,27H2,1-3H3,(H,28,31,33). The molecule has 1 aliphatic rings. The number of rotatable bonds is 7. The summed E-state index contributed by atoms with van der Waals surface area (Å²) in [5.41, 5.74) is 6.60. The average molecular weight is 463 g/mol. The molecule has 0 spiro atoms. The molecule has 0 saturated carbocycles. The molecule has 8 nitrogen and oxygen atoms in total. The van der Waals surface area contributed by atoms with Gasteiger partial charge in [0.2, 0.25) is 5.91 Å². The second kappa shape index (κ2) is 9.59. The highest BCUT2D eigenvalue weighted by Crippen LogP contribution is 2.45. The molecule has 0 saturated heterocycles. The lowest BCUT2D eigenvalue weighted by molar-refractivity contribution is -0.119. The lowest BCUT2D eigenvalue weighted by atomic mass is 9.86. The van der Waals surface area contributed by atoms with Crippen LogP contribution in [0.4, 0.5) is 11.5 Å². The Balaban J connectivity index is 1.89. The number of nitrogens with two attached hydrogens (primary N) is 1. The van der Waals surface area contributed by atoms with Gasteiger partial charge in [0.1, 0.15) is 17.3 Å². The first-order valence-corrected chi connectivity index (χ1v) is 11.6. The normalized spacial score (nSPS) is 12.7. The number of H-pyrrole nitrogens is 1. The van der Waals surface area contributed by atoms with Gasteiger partial charge in [-0.1, -0.05) is 63.6 Å². The first kappa shape index (κ1) is 23.4. The number of unbranched alkanes of at least 4 members (excludes halogenated alkanes) is 1. The molecule has 0 radical (unpaired) electrons.